The van der Waals surface area contributed by atoms with E-state index in [1.54, 1.807) is 0 Å². The van der Waals surface area contributed by atoms with Crippen molar-refractivity contribution in [3.8, 4) is 11.3 Å². The molecule has 4 aromatic rings. The smallest absolute Gasteiger partial charge is 0.270 e. The van der Waals surface area contributed by atoms with Crippen LogP contribution in [0.25, 0.3) is 22.5 Å². The second kappa shape index (κ2) is 10.0. The van der Waals surface area contributed by atoms with Gasteiger partial charge < -0.3 is 20.9 Å². The number of aromatic amines is 1. The van der Waals surface area contributed by atoms with E-state index < -0.39 is 4.92 Å². The molecule has 1 aliphatic rings. The number of fused-ring (bicyclic) bond motifs is 1. The molecule has 1 aliphatic heterocycles. The lowest BCUT2D eigenvalue weighted by Gasteiger charge is -2.16. The van der Waals surface area contributed by atoms with Crippen LogP contribution >= 0.6 is 0 Å². The van der Waals surface area contributed by atoms with Crippen LogP contribution in [0.2, 0.25) is 0 Å². The number of aryl methyl sites for hydroxylation is 1. The molecule has 0 fully saturated rings. The number of hydrogen-bond acceptors (Lipinski definition) is 6. The maximum Gasteiger partial charge on any atom is 0.270 e. The zero-order chi connectivity index (χ0) is 26.8. The molecule has 38 heavy (non-hydrogen) atoms. The molecule has 0 bridgehead atoms. The first-order valence-electron chi connectivity index (χ1n) is 11.9. The summed E-state index contributed by atoms with van der Waals surface area (Å²) in [5.74, 6) is 0.318. The molecule has 4 N–H and O–H groups in total. The van der Waals surface area contributed by atoms with Crippen LogP contribution in [0, 0.1) is 17.0 Å². The van der Waals surface area contributed by atoms with Gasteiger partial charge in [-0.1, -0.05) is 36.4 Å². The highest BCUT2D eigenvalue weighted by atomic mass is 16.6. The van der Waals surface area contributed by atoms with Crippen molar-refractivity contribution in [2.75, 3.05) is 10.6 Å². The topological polar surface area (TPSA) is 142 Å². The summed E-state index contributed by atoms with van der Waals surface area (Å²) >= 11 is 0. The molecule has 0 radical (unpaired) electrons. The van der Waals surface area contributed by atoms with E-state index in [-0.39, 0.29) is 17.5 Å². The van der Waals surface area contributed by atoms with E-state index >= 15 is 0 Å². The first-order valence-corrected chi connectivity index (χ1v) is 11.9. The van der Waals surface area contributed by atoms with Crippen LogP contribution in [0.3, 0.4) is 0 Å². The van der Waals surface area contributed by atoms with E-state index in [9.17, 15) is 19.7 Å². The summed E-state index contributed by atoms with van der Waals surface area (Å²) in [7, 11) is 0. The Kier molecular flexibility index (Phi) is 6.44. The Morgan fingerprint density at radius 1 is 1.05 bits per heavy atom. The number of H-pyrrole nitrogens is 1. The van der Waals surface area contributed by atoms with Crippen LogP contribution in [0.15, 0.2) is 72.9 Å². The lowest BCUT2D eigenvalue weighted by atomic mass is 9.98. The lowest BCUT2D eigenvalue weighted by Crippen LogP contribution is -2.18. The zero-order valence-corrected chi connectivity index (χ0v) is 20.7. The first kappa shape index (κ1) is 24.4. The average Bonchev–Trinajstić information content (AvgIpc) is 3.48. The van der Waals surface area contributed by atoms with Crippen molar-refractivity contribution in [3.63, 3.8) is 0 Å². The van der Waals surface area contributed by atoms with Gasteiger partial charge in [-0.15, -0.1) is 0 Å². The molecule has 2 amide bonds. The maximum absolute atomic E-state index is 13.2. The van der Waals surface area contributed by atoms with Crippen LogP contribution in [0.4, 0.5) is 17.1 Å². The van der Waals surface area contributed by atoms with Crippen molar-refractivity contribution < 1.29 is 14.5 Å². The SMILES string of the molecule is CC(=O)NCc1ccc(/C(Nc2ccc(-c3c[nH]c(C)n3)cc2)=C2/C(=O)Nc3ccc([N+](=O)[O-])cc32)cc1. The summed E-state index contributed by atoms with van der Waals surface area (Å²) in [6.45, 7) is 3.71. The minimum absolute atomic E-state index is 0.110. The predicted octanol–water partition coefficient (Wildman–Crippen LogP) is 4.86. The van der Waals surface area contributed by atoms with E-state index in [0.29, 0.717) is 34.6 Å². The first-order chi connectivity index (χ1) is 18.3. The van der Waals surface area contributed by atoms with Gasteiger partial charge in [0.15, 0.2) is 0 Å². The number of carbonyl (C=O) groups is 2. The molecule has 0 saturated carbocycles. The molecule has 0 spiro atoms. The lowest BCUT2D eigenvalue weighted by molar-refractivity contribution is -0.384. The van der Waals surface area contributed by atoms with Crippen LogP contribution < -0.4 is 16.0 Å². The predicted molar refractivity (Wildman–Crippen MR) is 145 cm³/mol. The third-order valence-corrected chi connectivity index (χ3v) is 6.15. The van der Waals surface area contributed by atoms with E-state index in [1.807, 2.05) is 61.7 Å². The maximum atomic E-state index is 13.2. The highest BCUT2D eigenvalue weighted by molar-refractivity contribution is 6.37. The van der Waals surface area contributed by atoms with E-state index in [0.717, 1.165) is 28.3 Å². The van der Waals surface area contributed by atoms with Crippen molar-refractivity contribution >= 4 is 40.1 Å². The number of nitro groups is 1. The number of nitrogens with zero attached hydrogens (tertiary/aromatic N) is 2. The number of benzene rings is 3. The fourth-order valence-corrected chi connectivity index (χ4v) is 4.25. The fraction of sp³-hybridized carbons (Fsp3) is 0.107. The van der Waals surface area contributed by atoms with Gasteiger partial charge in [-0.2, -0.15) is 0 Å². The van der Waals surface area contributed by atoms with E-state index in [1.165, 1.54) is 25.1 Å². The highest BCUT2D eigenvalue weighted by Gasteiger charge is 2.30. The van der Waals surface area contributed by atoms with Crippen molar-refractivity contribution in [1.82, 2.24) is 15.3 Å². The van der Waals surface area contributed by atoms with Crippen molar-refractivity contribution in [1.29, 1.82) is 0 Å². The second-order valence-corrected chi connectivity index (χ2v) is 8.87. The minimum atomic E-state index is -0.486. The molecule has 1 aromatic heterocycles. The van der Waals surface area contributed by atoms with Crippen molar-refractivity contribution in [2.24, 2.45) is 0 Å². The Labute approximate surface area is 218 Å². The normalized spacial score (nSPS) is 13.5. The van der Waals surface area contributed by atoms with Crippen LogP contribution in [0.1, 0.15) is 29.4 Å². The molecule has 0 saturated heterocycles. The Morgan fingerprint density at radius 2 is 1.79 bits per heavy atom. The fourth-order valence-electron chi connectivity index (χ4n) is 4.25. The summed E-state index contributed by atoms with van der Waals surface area (Å²) < 4.78 is 0. The molecule has 3 aromatic carbocycles. The second-order valence-electron chi connectivity index (χ2n) is 8.87. The molecule has 10 heteroatoms. The number of aromatic nitrogens is 2. The standard InChI is InChI=1S/C28H24N6O4/c1-16-29-15-25(31-16)19-7-9-21(10-8-19)32-27(20-5-3-18(4-6-20)14-30-17(2)35)26-23-13-22(34(37)38)11-12-24(23)33-28(26)36/h3-13,15,32H,14H2,1-2H3,(H,29,31)(H,30,35)(H,33,36)/b27-26-. The number of amides is 2. The number of carbonyl (C=O) groups excluding carboxylic acids is 2. The molecule has 10 nitrogen and oxygen atoms in total. The largest absolute Gasteiger partial charge is 0.354 e. The quantitative estimate of drug-likeness (QED) is 0.160. The van der Waals surface area contributed by atoms with E-state index in [4.69, 9.17) is 0 Å². The Hall–Kier alpha value is -5.25. The molecular formula is C28H24N6O4. The summed E-state index contributed by atoms with van der Waals surface area (Å²) in [4.78, 5) is 42.9. The number of non-ortho nitro benzene ring substituents is 1. The van der Waals surface area contributed by atoms with Gasteiger partial charge in [0.05, 0.1) is 21.9 Å². The third-order valence-electron chi connectivity index (χ3n) is 6.15. The third kappa shape index (κ3) is 5.00. The van der Waals surface area contributed by atoms with Gasteiger partial charge in [-0.3, -0.25) is 19.7 Å². The van der Waals surface area contributed by atoms with Gasteiger partial charge in [0.2, 0.25) is 5.91 Å². The summed E-state index contributed by atoms with van der Waals surface area (Å²) in [6, 6.07) is 19.3. The number of hydrogen-bond donors (Lipinski definition) is 4. The molecule has 5 rings (SSSR count). The van der Waals surface area contributed by atoms with Gasteiger partial charge in [0, 0.05) is 54.3 Å². The molecule has 0 atom stereocenters. The highest BCUT2D eigenvalue weighted by Crippen LogP contribution is 2.39. The molecule has 190 valence electrons. The molecular weight excluding hydrogens is 484 g/mol. The van der Waals surface area contributed by atoms with Gasteiger partial charge in [0.1, 0.15) is 5.82 Å². The van der Waals surface area contributed by atoms with Gasteiger partial charge in [-0.05, 0) is 36.2 Å². The van der Waals surface area contributed by atoms with Crippen LogP contribution in [0.5, 0.6) is 0 Å². The van der Waals surface area contributed by atoms with Gasteiger partial charge >= 0.3 is 0 Å². The Morgan fingerprint density at radius 3 is 2.42 bits per heavy atom. The number of imidazole rings is 1. The van der Waals surface area contributed by atoms with Crippen molar-refractivity contribution in [2.45, 2.75) is 20.4 Å². The Bertz CT molecular complexity index is 1590. The van der Waals surface area contributed by atoms with Crippen LogP contribution in [-0.2, 0) is 16.1 Å². The number of rotatable bonds is 7. The van der Waals surface area contributed by atoms with Gasteiger partial charge in [0.25, 0.3) is 11.6 Å². The van der Waals surface area contributed by atoms with Gasteiger partial charge in [-0.25, -0.2) is 4.98 Å². The summed E-state index contributed by atoms with van der Waals surface area (Å²) in [5, 5.41) is 20.4. The number of nitrogens with one attached hydrogen (secondary N) is 4. The Balaban J connectivity index is 1.57. The molecule has 2 heterocycles. The van der Waals surface area contributed by atoms with E-state index in [2.05, 4.69) is 25.9 Å². The summed E-state index contributed by atoms with van der Waals surface area (Å²) in [5.41, 5.74) is 5.68. The minimum Gasteiger partial charge on any atom is -0.354 e. The average molecular weight is 509 g/mol. The molecule has 0 aliphatic carbocycles. The monoisotopic (exact) mass is 508 g/mol. The molecule has 0 unspecified atom stereocenters. The number of nitro benzene ring substituents is 1. The van der Waals surface area contributed by atoms with Crippen molar-refractivity contribution in [3.05, 3.63) is 106 Å². The number of anilines is 2. The van der Waals surface area contributed by atoms with Crippen LogP contribution in [-0.4, -0.2) is 26.7 Å². The summed E-state index contributed by atoms with van der Waals surface area (Å²) in [6.07, 6.45) is 1.83. The zero-order valence-electron chi connectivity index (χ0n) is 20.7.